The Hall–Kier alpha value is -1.84. The zero-order valence-electron chi connectivity index (χ0n) is 17.1. The van der Waals surface area contributed by atoms with Gasteiger partial charge in [0.2, 0.25) is 11.8 Å². The van der Waals surface area contributed by atoms with E-state index in [1.165, 1.54) is 0 Å². The topological polar surface area (TPSA) is 49.4 Å². The number of nitrogens with one attached hydrogen (secondary N) is 1. The third-order valence-electron chi connectivity index (χ3n) is 4.39. The standard InChI is InChI=1S/C21H34N2O2/c1-14(2)17-10-9-11-18(15(3)4)20(17)22-19(25)12-13-23(16(5)24)21(6,7)8/h9-11,14-15H,12-13H2,1-8H3,(H,22,25). The van der Waals surface area contributed by atoms with Crippen LogP contribution in [0.3, 0.4) is 0 Å². The summed E-state index contributed by atoms with van der Waals surface area (Å²) in [6.07, 6.45) is 0.292. The quantitative estimate of drug-likeness (QED) is 0.795. The van der Waals surface area contributed by atoms with Gasteiger partial charge in [-0.25, -0.2) is 0 Å². The first kappa shape index (κ1) is 21.2. The number of carbonyl (C=O) groups is 2. The summed E-state index contributed by atoms with van der Waals surface area (Å²) in [4.78, 5) is 26.1. The minimum atomic E-state index is -0.287. The normalized spacial score (nSPS) is 11.8. The summed E-state index contributed by atoms with van der Waals surface area (Å²) in [6, 6.07) is 6.20. The number of para-hydroxylation sites is 1. The molecule has 0 saturated carbocycles. The van der Waals surface area contributed by atoms with Crippen LogP contribution < -0.4 is 5.32 Å². The van der Waals surface area contributed by atoms with Crippen molar-refractivity contribution in [3.63, 3.8) is 0 Å². The lowest BCUT2D eigenvalue weighted by molar-refractivity contribution is -0.134. The number of hydrogen-bond donors (Lipinski definition) is 1. The number of anilines is 1. The molecule has 0 heterocycles. The highest BCUT2D eigenvalue weighted by Gasteiger charge is 2.24. The Kier molecular flexibility index (Phi) is 7.21. The Morgan fingerprint density at radius 3 is 1.88 bits per heavy atom. The molecule has 1 rings (SSSR count). The molecule has 0 aliphatic rings. The summed E-state index contributed by atoms with van der Waals surface area (Å²) in [5.41, 5.74) is 2.95. The minimum absolute atomic E-state index is 0.00856. The smallest absolute Gasteiger partial charge is 0.226 e. The van der Waals surface area contributed by atoms with Gasteiger partial charge in [0.25, 0.3) is 0 Å². The Morgan fingerprint density at radius 2 is 1.52 bits per heavy atom. The van der Waals surface area contributed by atoms with E-state index in [2.05, 4.69) is 51.2 Å². The van der Waals surface area contributed by atoms with E-state index in [4.69, 9.17) is 0 Å². The van der Waals surface area contributed by atoms with Crippen molar-refractivity contribution in [3.05, 3.63) is 29.3 Å². The first-order valence-electron chi connectivity index (χ1n) is 9.16. The SMILES string of the molecule is CC(=O)N(CCC(=O)Nc1c(C(C)C)cccc1C(C)C)C(C)(C)C. The predicted octanol–water partition coefficient (Wildman–Crippen LogP) is 4.91. The first-order chi connectivity index (χ1) is 11.4. The number of rotatable bonds is 6. The Balaban J connectivity index is 2.95. The molecule has 0 radical (unpaired) electrons. The fraction of sp³-hybridized carbons (Fsp3) is 0.619. The van der Waals surface area contributed by atoms with Crippen LogP contribution in [-0.4, -0.2) is 28.8 Å². The number of benzene rings is 1. The highest BCUT2D eigenvalue weighted by Crippen LogP contribution is 2.32. The third kappa shape index (κ3) is 5.87. The number of amides is 2. The van der Waals surface area contributed by atoms with Gasteiger partial charge in [0.1, 0.15) is 0 Å². The molecular formula is C21H34N2O2. The Morgan fingerprint density at radius 1 is 1.04 bits per heavy atom. The fourth-order valence-electron chi connectivity index (χ4n) is 3.08. The fourth-order valence-corrected chi connectivity index (χ4v) is 3.08. The second kappa shape index (κ2) is 8.50. The molecule has 0 spiro atoms. The Bertz CT molecular complexity index is 587. The summed E-state index contributed by atoms with van der Waals surface area (Å²) in [7, 11) is 0. The highest BCUT2D eigenvalue weighted by atomic mass is 16.2. The van der Waals surface area contributed by atoms with Crippen LogP contribution >= 0.6 is 0 Å². The maximum absolute atomic E-state index is 12.6. The van der Waals surface area contributed by atoms with E-state index < -0.39 is 0 Å². The molecule has 0 atom stereocenters. The molecule has 1 N–H and O–H groups in total. The molecule has 140 valence electrons. The van der Waals surface area contributed by atoms with Gasteiger partial charge in [0, 0.05) is 31.1 Å². The summed E-state index contributed by atoms with van der Waals surface area (Å²) >= 11 is 0. The molecule has 1 aromatic rings. The lowest BCUT2D eigenvalue weighted by Gasteiger charge is -2.34. The van der Waals surface area contributed by atoms with Gasteiger partial charge < -0.3 is 10.2 Å². The van der Waals surface area contributed by atoms with Crippen molar-refractivity contribution in [1.29, 1.82) is 0 Å². The maximum Gasteiger partial charge on any atom is 0.226 e. The zero-order chi connectivity index (χ0) is 19.4. The van der Waals surface area contributed by atoms with Crippen LogP contribution in [0.1, 0.15) is 84.8 Å². The molecule has 2 amide bonds. The van der Waals surface area contributed by atoms with Crippen LogP contribution in [0, 0.1) is 0 Å². The number of hydrogen-bond acceptors (Lipinski definition) is 2. The van der Waals surface area contributed by atoms with Gasteiger partial charge in [-0.15, -0.1) is 0 Å². The van der Waals surface area contributed by atoms with Crippen LogP contribution in [0.5, 0.6) is 0 Å². The molecular weight excluding hydrogens is 312 g/mol. The van der Waals surface area contributed by atoms with Crippen LogP contribution in [-0.2, 0) is 9.59 Å². The van der Waals surface area contributed by atoms with Crippen molar-refractivity contribution in [2.24, 2.45) is 0 Å². The van der Waals surface area contributed by atoms with E-state index in [9.17, 15) is 9.59 Å². The van der Waals surface area contributed by atoms with Crippen molar-refractivity contribution in [3.8, 4) is 0 Å². The zero-order valence-corrected chi connectivity index (χ0v) is 17.1. The van der Waals surface area contributed by atoms with E-state index in [1.807, 2.05) is 20.8 Å². The molecule has 0 unspecified atom stereocenters. The van der Waals surface area contributed by atoms with Crippen LogP contribution in [0.4, 0.5) is 5.69 Å². The molecule has 0 aromatic heterocycles. The van der Waals surface area contributed by atoms with E-state index >= 15 is 0 Å². The highest BCUT2D eigenvalue weighted by molar-refractivity contribution is 5.93. The van der Waals surface area contributed by atoms with Crippen LogP contribution in [0.2, 0.25) is 0 Å². The van der Waals surface area contributed by atoms with E-state index in [-0.39, 0.29) is 17.4 Å². The molecule has 25 heavy (non-hydrogen) atoms. The maximum atomic E-state index is 12.6. The number of carbonyl (C=O) groups excluding carboxylic acids is 2. The average molecular weight is 347 g/mol. The second-order valence-electron chi connectivity index (χ2n) is 8.26. The van der Waals surface area contributed by atoms with Crippen LogP contribution in [0.25, 0.3) is 0 Å². The second-order valence-corrected chi connectivity index (χ2v) is 8.26. The lowest BCUT2D eigenvalue weighted by Crippen LogP contribution is -2.45. The van der Waals surface area contributed by atoms with Gasteiger partial charge >= 0.3 is 0 Å². The minimum Gasteiger partial charge on any atom is -0.338 e. The molecule has 0 saturated heterocycles. The van der Waals surface area contributed by atoms with E-state index in [0.29, 0.717) is 24.8 Å². The summed E-state index contributed by atoms with van der Waals surface area (Å²) in [6.45, 7) is 16.4. The van der Waals surface area contributed by atoms with E-state index in [1.54, 1.807) is 11.8 Å². The van der Waals surface area contributed by atoms with Crippen LogP contribution in [0.15, 0.2) is 18.2 Å². The predicted molar refractivity (Wildman–Crippen MR) is 105 cm³/mol. The van der Waals surface area contributed by atoms with Crippen molar-refractivity contribution in [1.82, 2.24) is 4.90 Å². The van der Waals surface area contributed by atoms with Gasteiger partial charge in [-0.3, -0.25) is 9.59 Å². The molecule has 0 bridgehead atoms. The molecule has 0 aliphatic heterocycles. The lowest BCUT2D eigenvalue weighted by atomic mass is 9.92. The monoisotopic (exact) mass is 346 g/mol. The van der Waals surface area contributed by atoms with Crippen molar-refractivity contribution < 1.29 is 9.59 Å². The molecule has 0 fully saturated rings. The third-order valence-corrected chi connectivity index (χ3v) is 4.39. The molecule has 0 aliphatic carbocycles. The summed E-state index contributed by atoms with van der Waals surface area (Å²) < 4.78 is 0. The van der Waals surface area contributed by atoms with Crippen molar-refractivity contribution in [2.45, 2.75) is 79.2 Å². The summed E-state index contributed by atoms with van der Waals surface area (Å²) in [5.74, 6) is 0.603. The van der Waals surface area contributed by atoms with Gasteiger partial charge in [-0.2, -0.15) is 0 Å². The molecule has 1 aromatic carbocycles. The molecule has 4 heteroatoms. The van der Waals surface area contributed by atoms with E-state index in [0.717, 1.165) is 16.8 Å². The van der Waals surface area contributed by atoms with Gasteiger partial charge in [-0.1, -0.05) is 45.9 Å². The van der Waals surface area contributed by atoms with Crippen molar-refractivity contribution in [2.75, 3.05) is 11.9 Å². The largest absolute Gasteiger partial charge is 0.338 e. The molecule has 4 nitrogen and oxygen atoms in total. The van der Waals surface area contributed by atoms with Gasteiger partial charge in [0.15, 0.2) is 0 Å². The number of nitrogens with zero attached hydrogens (tertiary/aromatic N) is 1. The first-order valence-corrected chi connectivity index (χ1v) is 9.16. The van der Waals surface area contributed by atoms with Gasteiger partial charge in [0.05, 0.1) is 0 Å². The van der Waals surface area contributed by atoms with Crippen molar-refractivity contribution >= 4 is 17.5 Å². The Labute approximate surface area is 153 Å². The van der Waals surface area contributed by atoms with Gasteiger partial charge in [-0.05, 0) is 43.7 Å². The summed E-state index contributed by atoms with van der Waals surface area (Å²) in [5, 5.41) is 3.11. The average Bonchev–Trinajstić information content (AvgIpc) is 2.45.